The van der Waals surface area contributed by atoms with Gasteiger partial charge in [-0.3, -0.25) is 4.79 Å². The van der Waals surface area contributed by atoms with E-state index in [0.29, 0.717) is 9.75 Å². The first kappa shape index (κ1) is 14.8. The van der Waals surface area contributed by atoms with E-state index in [4.69, 9.17) is 10.7 Å². The van der Waals surface area contributed by atoms with Crippen molar-refractivity contribution in [1.29, 1.82) is 0 Å². The van der Waals surface area contributed by atoms with Crippen LogP contribution < -0.4 is 0 Å². The summed E-state index contributed by atoms with van der Waals surface area (Å²) in [5.41, 5.74) is 0. The van der Waals surface area contributed by atoms with Crippen molar-refractivity contribution >= 4 is 37.0 Å². The van der Waals surface area contributed by atoms with Crippen LogP contribution in [-0.2, 0) is 9.05 Å². The molecule has 7 heteroatoms. The molecule has 1 aromatic heterocycles. The Morgan fingerprint density at radius 1 is 1.58 bits per heavy atom. The molecule has 0 N–H and O–H groups in total. The third-order valence-electron chi connectivity index (χ3n) is 3.45. The summed E-state index contributed by atoms with van der Waals surface area (Å²) >= 11 is 1.19. The van der Waals surface area contributed by atoms with Gasteiger partial charge in [0.25, 0.3) is 15.0 Å². The van der Waals surface area contributed by atoms with Crippen molar-refractivity contribution in [2.45, 2.75) is 44.0 Å². The van der Waals surface area contributed by atoms with E-state index in [1.807, 2.05) is 4.90 Å². The molecule has 0 radical (unpaired) electrons. The molecule has 1 unspecified atom stereocenters. The largest absolute Gasteiger partial charge is 0.335 e. The molecular formula is C12H16ClNO3S2. The van der Waals surface area contributed by atoms with E-state index >= 15 is 0 Å². The van der Waals surface area contributed by atoms with Gasteiger partial charge < -0.3 is 4.90 Å². The summed E-state index contributed by atoms with van der Waals surface area (Å²) in [4.78, 5) is 15.3. The van der Waals surface area contributed by atoms with Crippen LogP contribution >= 0.6 is 22.0 Å². The predicted octanol–water partition coefficient (Wildman–Crippen LogP) is 3.00. The Morgan fingerprint density at radius 2 is 2.26 bits per heavy atom. The monoisotopic (exact) mass is 321 g/mol. The van der Waals surface area contributed by atoms with Crippen molar-refractivity contribution in [2.75, 3.05) is 6.54 Å². The lowest BCUT2D eigenvalue weighted by molar-refractivity contribution is 0.0738. The summed E-state index contributed by atoms with van der Waals surface area (Å²) in [7, 11) is 1.57. The van der Waals surface area contributed by atoms with Gasteiger partial charge in [0.2, 0.25) is 0 Å². The number of amides is 1. The minimum absolute atomic E-state index is 0.0507. The van der Waals surface area contributed by atoms with E-state index in [9.17, 15) is 13.2 Å². The summed E-state index contributed by atoms with van der Waals surface area (Å²) in [6, 6.07) is 1.67. The van der Waals surface area contributed by atoms with Crippen molar-refractivity contribution in [3.8, 4) is 0 Å². The molecule has 4 nitrogen and oxygen atoms in total. The van der Waals surface area contributed by atoms with Gasteiger partial charge in [-0.1, -0.05) is 6.92 Å². The van der Waals surface area contributed by atoms with Crippen molar-refractivity contribution in [2.24, 2.45) is 0 Å². The highest BCUT2D eigenvalue weighted by Crippen LogP contribution is 2.31. The number of halogens is 1. The summed E-state index contributed by atoms with van der Waals surface area (Å²) in [6.07, 6.45) is 2.96. The third kappa shape index (κ3) is 2.95. The van der Waals surface area contributed by atoms with Gasteiger partial charge in [0.05, 0.1) is 9.77 Å². The average molecular weight is 322 g/mol. The second kappa shape index (κ2) is 5.42. The number of likely N-dealkylation sites (tertiary alicyclic amines) is 1. The minimum Gasteiger partial charge on any atom is -0.335 e. The predicted molar refractivity (Wildman–Crippen MR) is 76.4 cm³/mol. The van der Waals surface area contributed by atoms with E-state index in [1.165, 1.54) is 17.4 Å². The van der Waals surface area contributed by atoms with Gasteiger partial charge in [0.1, 0.15) is 0 Å². The third-order valence-corrected chi connectivity index (χ3v) is 6.07. The van der Waals surface area contributed by atoms with Crippen LogP contribution in [0, 0.1) is 6.92 Å². The lowest BCUT2D eigenvalue weighted by atomic mass is 10.2. The van der Waals surface area contributed by atoms with Crippen LogP contribution in [0.4, 0.5) is 0 Å². The van der Waals surface area contributed by atoms with Crippen molar-refractivity contribution in [1.82, 2.24) is 4.90 Å². The fourth-order valence-corrected chi connectivity index (χ4v) is 5.10. The highest BCUT2D eigenvalue weighted by atomic mass is 35.7. The standard InChI is InChI=1S/C12H16ClNO3S2/c1-3-9-5-4-6-14(9)12(15)10-7-11(8(2)18-10)19(13,16)17/h7,9H,3-6H2,1-2H3. The molecule has 1 fully saturated rings. The fourth-order valence-electron chi connectivity index (χ4n) is 2.48. The van der Waals surface area contributed by atoms with E-state index in [1.54, 1.807) is 6.92 Å². The average Bonchev–Trinajstić information content (AvgIpc) is 2.92. The smallest absolute Gasteiger partial charge is 0.264 e. The maximum Gasteiger partial charge on any atom is 0.264 e. The zero-order valence-corrected chi connectivity index (χ0v) is 13.2. The molecule has 0 aromatic carbocycles. The van der Waals surface area contributed by atoms with E-state index in [2.05, 4.69) is 6.92 Å². The molecule has 1 amide bonds. The molecule has 0 saturated carbocycles. The van der Waals surface area contributed by atoms with Crippen LogP contribution in [0.25, 0.3) is 0 Å². The molecule has 0 spiro atoms. The molecule has 1 aliphatic heterocycles. The Kier molecular flexibility index (Phi) is 4.23. The number of hydrogen-bond donors (Lipinski definition) is 0. The first-order chi connectivity index (χ1) is 8.84. The number of rotatable bonds is 3. The Bertz CT molecular complexity index is 594. The Labute approximate surface area is 121 Å². The lowest BCUT2D eigenvalue weighted by Crippen LogP contribution is -2.34. The van der Waals surface area contributed by atoms with E-state index in [0.717, 1.165) is 25.8 Å². The quantitative estimate of drug-likeness (QED) is 0.804. The summed E-state index contributed by atoms with van der Waals surface area (Å²) < 4.78 is 22.8. The highest BCUT2D eigenvalue weighted by molar-refractivity contribution is 8.13. The second-order valence-corrected chi connectivity index (χ2v) is 8.46. The molecule has 2 rings (SSSR count). The zero-order chi connectivity index (χ0) is 14.2. The number of thiophene rings is 1. The molecule has 0 bridgehead atoms. The molecule has 0 aliphatic carbocycles. The van der Waals surface area contributed by atoms with Crippen LogP contribution in [0.15, 0.2) is 11.0 Å². The van der Waals surface area contributed by atoms with Gasteiger partial charge in [-0.2, -0.15) is 0 Å². The molecule has 2 heterocycles. The fraction of sp³-hybridized carbons (Fsp3) is 0.583. The first-order valence-electron chi connectivity index (χ1n) is 6.20. The Balaban J connectivity index is 2.30. The normalized spacial score (nSPS) is 19.9. The van der Waals surface area contributed by atoms with Crippen LogP contribution in [0.3, 0.4) is 0 Å². The SMILES string of the molecule is CCC1CCCN1C(=O)c1cc(S(=O)(=O)Cl)c(C)s1. The van der Waals surface area contributed by atoms with Crippen LogP contribution in [0.1, 0.15) is 40.7 Å². The molecule has 106 valence electrons. The molecular weight excluding hydrogens is 306 g/mol. The Hall–Kier alpha value is -0.590. The molecule has 19 heavy (non-hydrogen) atoms. The van der Waals surface area contributed by atoms with Crippen LogP contribution in [0.5, 0.6) is 0 Å². The summed E-state index contributed by atoms with van der Waals surface area (Å²) in [5.74, 6) is -0.0796. The maximum atomic E-state index is 12.4. The number of carbonyl (C=O) groups is 1. The van der Waals surface area contributed by atoms with Crippen LogP contribution in [-0.4, -0.2) is 31.8 Å². The molecule has 1 saturated heterocycles. The van der Waals surface area contributed by atoms with Gasteiger partial charge in [0, 0.05) is 28.1 Å². The first-order valence-corrected chi connectivity index (χ1v) is 9.33. The van der Waals surface area contributed by atoms with Crippen LogP contribution in [0.2, 0.25) is 0 Å². The Morgan fingerprint density at radius 3 is 2.79 bits per heavy atom. The number of hydrogen-bond acceptors (Lipinski definition) is 4. The number of nitrogens with zero attached hydrogens (tertiary/aromatic N) is 1. The van der Waals surface area contributed by atoms with Gasteiger partial charge in [-0.05, 0) is 32.3 Å². The maximum absolute atomic E-state index is 12.4. The zero-order valence-electron chi connectivity index (χ0n) is 10.8. The molecule has 1 aromatic rings. The highest BCUT2D eigenvalue weighted by Gasteiger charge is 2.30. The topological polar surface area (TPSA) is 54.5 Å². The van der Waals surface area contributed by atoms with Crippen molar-refractivity contribution < 1.29 is 13.2 Å². The number of carbonyl (C=O) groups excluding carboxylic acids is 1. The van der Waals surface area contributed by atoms with Crippen molar-refractivity contribution in [3.05, 3.63) is 15.8 Å². The van der Waals surface area contributed by atoms with Gasteiger partial charge in [-0.25, -0.2) is 8.42 Å². The van der Waals surface area contributed by atoms with Gasteiger partial charge >= 0.3 is 0 Å². The summed E-state index contributed by atoms with van der Waals surface area (Å²) in [6.45, 7) is 4.47. The minimum atomic E-state index is -3.78. The van der Waals surface area contributed by atoms with Gasteiger partial charge in [0.15, 0.2) is 0 Å². The van der Waals surface area contributed by atoms with Gasteiger partial charge in [-0.15, -0.1) is 11.3 Å². The molecule has 1 atom stereocenters. The number of aryl methyl sites for hydroxylation is 1. The molecule has 1 aliphatic rings. The lowest BCUT2D eigenvalue weighted by Gasteiger charge is -2.22. The van der Waals surface area contributed by atoms with Crippen molar-refractivity contribution in [3.63, 3.8) is 0 Å². The summed E-state index contributed by atoms with van der Waals surface area (Å²) in [5, 5.41) is 0. The van der Waals surface area contributed by atoms with E-state index < -0.39 is 9.05 Å². The second-order valence-electron chi connectivity index (χ2n) is 4.67. The van der Waals surface area contributed by atoms with E-state index in [-0.39, 0.29) is 16.8 Å².